The standard InChI is InChI=1S/C18H37N.C3H6O3/c1-2-3-4-5-6-7-8-9-10-11-12-13-14-15-16-17-18-19;1-2(4)3(5)6/h9-10H,2-8,11-19H2,1H3;2,4H,1H3,(H,5,6). The van der Waals surface area contributed by atoms with E-state index in [0.717, 1.165) is 6.54 Å². The van der Waals surface area contributed by atoms with Crippen molar-refractivity contribution >= 4 is 5.97 Å². The summed E-state index contributed by atoms with van der Waals surface area (Å²) in [5.74, 6) is -1.19. The highest BCUT2D eigenvalue weighted by Crippen LogP contribution is 2.09. The Morgan fingerprint density at radius 2 is 1.20 bits per heavy atom. The van der Waals surface area contributed by atoms with Crippen LogP contribution in [0.4, 0.5) is 0 Å². The molecule has 0 aromatic rings. The van der Waals surface area contributed by atoms with Gasteiger partial charge in [0.2, 0.25) is 0 Å². The number of carbonyl (C=O) groups is 1. The van der Waals surface area contributed by atoms with Crippen molar-refractivity contribution < 1.29 is 15.0 Å². The number of carboxylic acids is 1. The van der Waals surface area contributed by atoms with E-state index >= 15 is 0 Å². The molecule has 4 heteroatoms. The lowest BCUT2D eigenvalue weighted by Crippen LogP contribution is -2.13. The van der Waals surface area contributed by atoms with Crippen LogP contribution in [-0.4, -0.2) is 28.8 Å². The second kappa shape index (κ2) is 23.1. The molecule has 4 nitrogen and oxygen atoms in total. The molecule has 0 aromatic heterocycles. The van der Waals surface area contributed by atoms with Crippen LogP contribution in [0.25, 0.3) is 0 Å². The minimum Gasteiger partial charge on any atom is -0.479 e. The molecular formula is C21H43NO3. The maximum atomic E-state index is 9.45. The number of unbranched alkanes of at least 4 members (excludes halogenated alkanes) is 12. The highest BCUT2D eigenvalue weighted by molar-refractivity contribution is 5.71. The number of nitrogens with two attached hydrogens (primary N) is 1. The zero-order valence-electron chi connectivity index (χ0n) is 16.7. The molecule has 0 aliphatic heterocycles. The maximum Gasteiger partial charge on any atom is 0.332 e. The fourth-order valence-electron chi connectivity index (χ4n) is 2.39. The minimum atomic E-state index is -1.23. The molecule has 0 amide bonds. The Morgan fingerprint density at radius 1 is 0.840 bits per heavy atom. The SMILES string of the molecule is CC(O)C(=O)O.CCCCCCCCC=CCCCCCCCCN. The molecule has 0 aliphatic rings. The van der Waals surface area contributed by atoms with Gasteiger partial charge in [0.25, 0.3) is 0 Å². The van der Waals surface area contributed by atoms with Gasteiger partial charge in [0.1, 0.15) is 6.10 Å². The molecule has 0 bridgehead atoms. The van der Waals surface area contributed by atoms with E-state index in [-0.39, 0.29) is 0 Å². The van der Waals surface area contributed by atoms with Gasteiger partial charge in [0.05, 0.1) is 0 Å². The van der Waals surface area contributed by atoms with Gasteiger partial charge >= 0.3 is 5.97 Å². The largest absolute Gasteiger partial charge is 0.479 e. The zero-order valence-corrected chi connectivity index (χ0v) is 16.7. The molecule has 150 valence electrons. The molecule has 0 saturated carbocycles. The van der Waals surface area contributed by atoms with Crippen molar-refractivity contribution in [2.24, 2.45) is 5.73 Å². The molecular weight excluding hydrogens is 314 g/mol. The van der Waals surface area contributed by atoms with Crippen molar-refractivity contribution in [2.45, 2.75) is 110 Å². The minimum absolute atomic E-state index is 0.862. The number of rotatable bonds is 16. The fraction of sp³-hybridized carbons (Fsp3) is 0.857. The summed E-state index contributed by atoms with van der Waals surface area (Å²) in [7, 11) is 0. The van der Waals surface area contributed by atoms with Gasteiger partial charge in [-0.15, -0.1) is 0 Å². The van der Waals surface area contributed by atoms with E-state index in [2.05, 4.69) is 19.1 Å². The first-order valence-electron chi connectivity index (χ1n) is 10.3. The lowest BCUT2D eigenvalue weighted by atomic mass is 10.1. The second-order valence-electron chi connectivity index (χ2n) is 6.74. The monoisotopic (exact) mass is 357 g/mol. The number of hydrogen-bond acceptors (Lipinski definition) is 3. The van der Waals surface area contributed by atoms with Crippen LogP contribution in [0.2, 0.25) is 0 Å². The third-order valence-corrected chi connectivity index (χ3v) is 4.07. The molecule has 1 atom stereocenters. The lowest BCUT2D eigenvalue weighted by Gasteiger charge is -1.99. The van der Waals surface area contributed by atoms with E-state index in [4.69, 9.17) is 15.9 Å². The Morgan fingerprint density at radius 3 is 1.56 bits per heavy atom. The van der Waals surface area contributed by atoms with Crippen LogP contribution in [0.1, 0.15) is 104 Å². The van der Waals surface area contributed by atoms with Gasteiger partial charge in [-0.25, -0.2) is 4.79 Å². The summed E-state index contributed by atoms with van der Waals surface area (Å²) in [4.78, 5) is 9.45. The highest BCUT2D eigenvalue weighted by atomic mass is 16.4. The number of aliphatic hydroxyl groups is 1. The van der Waals surface area contributed by atoms with Gasteiger partial charge in [0, 0.05) is 0 Å². The topological polar surface area (TPSA) is 83.5 Å². The Kier molecular flexibility index (Phi) is 24.4. The van der Waals surface area contributed by atoms with Crippen molar-refractivity contribution in [2.75, 3.05) is 6.54 Å². The van der Waals surface area contributed by atoms with E-state index in [1.54, 1.807) is 0 Å². The van der Waals surface area contributed by atoms with E-state index in [1.807, 2.05) is 0 Å². The number of aliphatic hydroxyl groups excluding tert-OH is 1. The van der Waals surface area contributed by atoms with Gasteiger partial charge in [-0.05, 0) is 45.6 Å². The Labute approximate surface area is 155 Å². The van der Waals surface area contributed by atoms with Crippen molar-refractivity contribution in [3.63, 3.8) is 0 Å². The maximum absolute atomic E-state index is 9.45. The van der Waals surface area contributed by atoms with Crippen LogP contribution < -0.4 is 5.73 Å². The van der Waals surface area contributed by atoms with Crippen LogP contribution in [0, 0.1) is 0 Å². The van der Waals surface area contributed by atoms with Crippen molar-refractivity contribution in [3.8, 4) is 0 Å². The third kappa shape index (κ3) is 28.2. The number of carboxylic acid groups (broad SMARTS) is 1. The molecule has 0 rings (SSSR count). The van der Waals surface area contributed by atoms with Gasteiger partial charge in [-0.2, -0.15) is 0 Å². The first-order valence-corrected chi connectivity index (χ1v) is 10.3. The summed E-state index contributed by atoms with van der Waals surface area (Å²) >= 11 is 0. The lowest BCUT2D eigenvalue weighted by molar-refractivity contribution is -0.145. The molecule has 0 aliphatic carbocycles. The summed E-state index contributed by atoms with van der Waals surface area (Å²) in [5.41, 5.74) is 5.47. The van der Waals surface area contributed by atoms with Gasteiger partial charge in [-0.3, -0.25) is 0 Å². The van der Waals surface area contributed by atoms with Crippen LogP contribution in [0.3, 0.4) is 0 Å². The van der Waals surface area contributed by atoms with Gasteiger partial charge in [0.15, 0.2) is 0 Å². The molecule has 0 heterocycles. The molecule has 0 spiro atoms. The van der Waals surface area contributed by atoms with Crippen molar-refractivity contribution in [1.82, 2.24) is 0 Å². The molecule has 0 fully saturated rings. The molecule has 1 unspecified atom stereocenters. The summed E-state index contributed by atoms with van der Waals surface area (Å²) < 4.78 is 0. The van der Waals surface area contributed by atoms with E-state index in [0.29, 0.717) is 0 Å². The fourth-order valence-corrected chi connectivity index (χ4v) is 2.39. The summed E-state index contributed by atoms with van der Waals surface area (Å²) in [6.07, 6.45) is 22.7. The number of hydrogen-bond donors (Lipinski definition) is 3. The second-order valence-corrected chi connectivity index (χ2v) is 6.74. The molecule has 0 saturated heterocycles. The van der Waals surface area contributed by atoms with Gasteiger partial charge in [-0.1, -0.05) is 76.9 Å². The Bertz CT molecular complexity index is 291. The van der Waals surface area contributed by atoms with Crippen LogP contribution in [0.15, 0.2) is 12.2 Å². The normalized spacial score (nSPS) is 12.0. The molecule has 0 aromatic carbocycles. The van der Waals surface area contributed by atoms with Crippen molar-refractivity contribution in [1.29, 1.82) is 0 Å². The predicted octanol–water partition coefficient (Wildman–Crippen LogP) is 5.43. The Balaban J connectivity index is 0. The predicted molar refractivity (Wildman–Crippen MR) is 108 cm³/mol. The van der Waals surface area contributed by atoms with Crippen LogP contribution >= 0.6 is 0 Å². The molecule has 25 heavy (non-hydrogen) atoms. The Hall–Kier alpha value is -0.870. The van der Waals surface area contributed by atoms with E-state index < -0.39 is 12.1 Å². The zero-order chi connectivity index (χ0) is 19.2. The number of allylic oxidation sites excluding steroid dienone is 2. The quantitative estimate of drug-likeness (QED) is 0.254. The summed E-state index contributed by atoms with van der Waals surface area (Å²) in [5, 5.41) is 15.8. The number of aliphatic carboxylic acids is 1. The first kappa shape index (κ1) is 26.4. The van der Waals surface area contributed by atoms with E-state index in [9.17, 15) is 4.79 Å². The third-order valence-electron chi connectivity index (χ3n) is 4.07. The smallest absolute Gasteiger partial charge is 0.332 e. The van der Waals surface area contributed by atoms with Crippen LogP contribution in [0.5, 0.6) is 0 Å². The summed E-state index contributed by atoms with van der Waals surface area (Å²) in [6.45, 7) is 4.34. The average Bonchev–Trinajstić information content (AvgIpc) is 2.59. The van der Waals surface area contributed by atoms with Crippen molar-refractivity contribution in [3.05, 3.63) is 12.2 Å². The summed E-state index contributed by atoms with van der Waals surface area (Å²) in [6, 6.07) is 0. The van der Waals surface area contributed by atoms with E-state index in [1.165, 1.54) is 96.8 Å². The van der Waals surface area contributed by atoms with Crippen LogP contribution in [-0.2, 0) is 4.79 Å². The molecule has 4 N–H and O–H groups in total. The highest BCUT2D eigenvalue weighted by Gasteiger charge is 2.01. The molecule has 0 radical (unpaired) electrons. The first-order chi connectivity index (χ1) is 12.1. The van der Waals surface area contributed by atoms with Gasteiger partial charge < -0.3 is 15.9 Å². The average molecular weight is 358 g/mol.